The molecule has 0 unspecified atom stereocenters. The van der Waals surface area contributed by atoms with Crippen LogP contribution in [0, 0.1) is 0 Å². The maximum absolute atomic E-state index is 11.2. The average Bonchev–Trinajstić information content (AvgIpc) is 2.97. The minimum Gasteiger partial charge on any atom is -0.494 e. The summed E-state index contributed by atoms with van der Waals surface area (Å²) in [5, 5.41) is 8.62. The summed E-state index contributed by atoms with van der Waals surface area (Å²) in [6.45, 7) is 2.40. The summed E-state index contributed by atoms with van der Waals surface area (Å²) < 4.78 is 25.3. The molecule has 0 bridgehead atoms. The summed E-state index contributed by atoms with van der Waals surface area (Å²) in [4.78, 5) is 22.4. The summed E-state index contributed by atoms with van der Waals surface area (Å²) in [6, 6.07) is 13.9. The highest BCUT2D eigenvalue weighted by molar-refractivity contribution is 7.17. The first-order valence-corrected chi connectivity index (χ1v) is 12.9. The topological polar surface area (TPSA) is 101 Å². The van der Waals surface area contributed by atoms with Gasteiger partial charge in [-0.25, -0.2) is 9.59 Å². The average molecular weight is 553 g/mol. The summed E-state index contributed by atoms with van der Waals surface area (Å²) in [5.41, 5.74) is 1.05. The number of hydrogen-bond donors (Lipinski definition) is 1. The van der Waals surface area contributed by atoms with E-state index in [1.165, 1.54) is 14.2 Å². The van der Waals surface area contributed by atoms with Gasteiger partial charge in [0.05, 0.1) is 38.6 Å². The third-order valence-corrected chi connectivity index (χ3v) is 5.13. The molecule has 2 aromatic rings. The fourth-order valence-corrected chi connectivity index (χ4v) is 3.08. The lowest BCUT2D eigenvalue weighted by Gasteiger charge is -2.06. The van der Waals surface area contributed by atoms with Crippen LogP contribution in [-0.2, 0) is 14.2 Å². The Morgan fingerprint density at radius 2 is 1.00 bits per heavy atom. The number of ether oxygens (including phenoxy) is 5. The van der Waals surface area contributed by atoms with E-state index in [-0.39, 0.29) is 26.0 Å². The van der Waals surface area contributed by atoms with Gasteiger partial charge in [0.2, 0.25) is 0 Å². The number of unbranched alkanes of at least 4 members (excludes halogenated alkanes) is 5. The van der Waals surface area contributed by atoms with Crippen LogP contribution >= 0.6 is 0 Å². The Balaban J connectivity index is 0. The molecule has 8 nitrogen and oxygen atoms in total. The molecular formula is C29H44B3O8. The minimum atomic E-state index is -0.342. The maximum atomic E-state index is 11.2. The first-order chi connectivity index (χ1) is 19.0. The molecule has 0 aliphatic rings. The molecule has 217 valence electrons. The van der Waals surface area contributed by atoms with E-state index in [1.807, 2.05) is 0 Å². The Labute approximate surface area is 244 Å². The lowest BCUT2D eigenvalue weighted by atomic mass is 9.40. The number of aliphatic hydroxyl groups is 1. The number of methoxy groups -OCH3 is 3. The van der Waals surface area contributed by atoms with Crippen molar-refractivity contribution in [2.24, 2.45) is 0 Å². The van der Waals surface area contributed by atoms with Crippen LogP contribution in [0.5, 0.6) is 11.5 Å². The molecule has 0 atom stereocenters. The number of aliphatic hydroxyl groups excluding tert-OH is 1. The highest BCUT2D eigenvalue weighted by Gasteiger charge is 2.05. The second kappa shape index (κ2) is 27.7. The summed E-state index contributed by atoms with van der Waals surface area (Å²) >= 11 is 0. The molecule has 1 N–H and O–H groups in total. The zero-order valence-electron chi connectivity index (χ0n) is 23.4. The van der Waals surface area contributed by atoms with Crippen LogP contribution < -0.4 is 9.47 Å². The third-order valence-electron chi connectivity index (χ3n) is 5.13. The number of carbonyl (C=O) groups is 2. The van der Waals surface area contributed by atoms with Gasteiger partial charge in [0.1, 0.15) is 11.5 Å². The molecule has 40 heavy (non-hydrogen) atoms. The molecule has 0 saturated carbocycles. The van der Waals surface area contributed by atoms with Crippen molar-refractivity contribution < 1.29 is 38.4 Å². The minimum absolute atomic E-state index is 0. The van der Waals surface area contributed by atoms with Gasteiger partial charge in [0, 0.05) is 42.9 Å². The molecule has 5 radical (unpaired) electrons. The van der Waals surface area contributed by atoms with Crippen molar-refractivity contribution >= 4 is 34.5 Å². The van der Waals surface area contributed by atoms with Gasteiger partial charge in [-0.1, -0.05) is 13.8 Å². The van der Waals surface area contributed by atoms with Gasteiger partial charge >= 0.3 is 11.9 Å². The molecular weight excluding hydrogens is 509 g/mol. The largest absolute Gasteiger partial charge is 0.494 e. The lowest BCUT2D eigenvalue weighted by Crippen LogP contribution is -2.02. The van der Waals surface area contributed by atoms with E-state index >= 15 is 0 Å². The van der Waals surface area contributed by atoms with Gasteiger partial charge in [-0.05, 0) is 87.1 Å². The SMILES string of the molecule is C.COC(=O)c1ccc(OCCCCCCO)cc1.COCCCCCOc1ccc(C(=O)OC)cc1.[B][B][B]. The molecule has 2 aromatic carbocycles. The quantitative estimate of drug-likeness (QED) is 0.184. The number of carbonyl (C=O) groups excluding carboxylic acids is 2. The van der Waals surface area contributed by atoms with Crippen LogP contribution in [0.2, 0.25) is 0 Å². The summed E-state index contributed by atoms with van der Waals surface area (Å²) in [7, 11) is 14.4. The van der Waals surface area contributed by atoms with Crippen molar-refractivity contribution in [3.8, 4) is 11.5 Å². The molecule has 0 amide bonds. The zero-order chi connectivity index (χ0) is 29.1. The first kappa shape index (κ1) is 39.2. The van der Waals surface area contributed by atoms with E-state index in [0.29, 0.717) is 24.3 Å². The Morgan fingerprint density at radius 3 is 1.35 bits per heavy atom. The van der Waals surface area contributed by atoms with Crippen molar-refractivity contribution in [1.29, 1.82) is 0 Å². The van der Waals surface area contributed by atoms with E-state index in [2.05, 4.69) is 24.9 Å². The number of rotatable bonds is 16. The van der Waals surface area contributed by atoms with E-state index in [9.17, 15) is 9.59 Å². The van der Waals surface area contributed by atoms with Crippen LogP contribution in [0.25, 0.3) is 0 Å². The van der Waals surface area contributed by atoms with Gasteiger partial charge in [0.15, 0.2) is 0 Å². The molecule has 11 heteroatoms. The van der Waals surface area contributed by atoms with Gasteiger partial charge in [-0.2, -0.15) is 0 Å². The fraction of sp³-hybridized carbons (Fsp3) is 0.517. The van der Waals surface area contributed by atoms with E-state index in [1.54, 1.807) is 55.6 Å². The van der Waals surface area contributed by atoms with Crippen molar-refractivity contribution in [2.45, 2.75) is 52.4 Å². The van der Waals surface area contributed by atoms with Crippen molar-refractivity contribution in [3.63, 3.8) is 0 Å². The predicted molar refractivity (Wildman–Crippen MR) is 162 cm³/mol. The van der Waals surface area contributed by atoms with Crippen molar-refractivity contribution in [1.82, 2.24) is 0 Å². The van der Waals surface area contributed by atoms with Gasteiger partial charge < -0.3 is 28.8 Å². The number of benzene rings is 2. The van der Waals surface area contributed by atoms with Gasteiger partial charge in [0.25, 0.3) is 0 Å². The van der Waals surface area contributed by atoms with E-state index in [0.717, 1.165) is 70.1 Å². The summed E-state index contributed by atoms with van der Waals surface area (Å²) in [5.74, 6) is 0.853. The Kier molecular flexibility index (Phi) is 27.1. The van der Waals surface area contributed by atoms with Crippen LogP contribution in [-0.4, -0.2) is 87.3 Å². The van der Waals surface area contributed by atoms with Crippen LogP contribution in [0.4, 0.5) is 0 Å². The van der Waals surface area contributed by atoms with Crippen LogP contribution in [0.3, 0.4) is 0 Å². The first-order valence-electron chi connectivity index (χ1n) is 12.9. The second-order valence-corrected chi connectivity index (χ2v) is 8.11. The Morgan fingerprint density at radius 1 is 0.650 bits per heavy atom. The predicted octanol–water partition coefficient (Wildman–Crippen LogP) is 4.57. The molecule has 0 fully saturated rings. The zero-order valence-corrected chi connectivity index (χ0v) is 23.4. The van der Waals surface area contributed by atoms with Crippen molar-refractivity contribution in [3.05, 3.63) is 59.7 Å². The molecule has 0 spiro atoms. The number of esters is 2. The maximum Gasteiger partial charge on any atom is 0.337 e. The Bertz CT molecular complexity index is 793. The molecule has 0 aromatic heterocycles. The van der Waals surface area contributed by atoms with Crippen LogP contribution in [0.15, 0.2) is 48.5 Å². The lowest BCUT2D eigenvalue weighted by molar-refractivity contribution is 0.0591. The van der Waals surface area contributed by atoms with Crippen LogP contribution in [0.1, 0.15) is 73.1 Å². The molecule has 0 heterocycles. The second-order valence-electron chi connectivity index (χ2n) is 8.11. The highest BCUT2D eigenvalue weighted by Crippen LogP contribution is 2.14. The third kappa shape index (κ3) is 20.1. The van der Waals surface area contributed by atoms with Gasteiger partial charge in [-0.3, -0.25) is 0 Å². The molecule has 2 rings (SSSR count). The molecule has 0 aliphatic carbocycles. The Hall–Kier alpha value is -2.91. The van der Waals surface area contributed by atoms with Gasteiger partial charge in [-0.15, -0.1) is 0 Å². The monoisotopic (exact) mass is 553 g/mol. The smallest absolute Gasteiger partial charge is 0.337 e. The van der Waals surface area contributed by atoms with E-state index in [4.69, 9.17) is 19.3 Å². The highest BCUT2D eigenvalue weighted by atomic mass is 16.5. The fourth-order valence-electron chi connectivity index (χ4n) is 3.08. The standard InChI is InChI=1S/2C14H20O4.CH4.B3/c1-16-10-4-3-5-11-18-13-8-6-12(7-9-13)14(15)17-2;1-17-14(16)12-6-8-13(9-7-12)18-11-5-3-2-4-10-15;;1-3-2/h6-9H,3-5,10-11H2,1-2H3;6-9,15H,2-5,10-11H2,1H3;1H4;. The molecule has 0 saturated heterocycles. The summed E-state index contributed by atoms with van der Waals surface area (Å²) in [6.07, 6.45) is 7.06. The number of hydrogen-bond acceptors (Lipinski definition) is 8. The van der Waals surface area contributed by atoms with E-state index < -0.39 is 0 Å². The normalized spacial score (nSPS) is 9.40. The van der Waals surface area contributed by atoms with Crippen molar-refractivity contribution in [2.75, 3.05) is 47.8 Å². The molecule has 0 aliphatic heterocycles.